The van der Waals surface area contributed by atoms with Crippen LogP contribution in [-0.4, -0.2) is 28.2 Å². The molecule has 96 valence electrons. The van der Waals surface area contributed by atoms with Crippen molar-refractivity contribution >= 4 is 10.1 Å². The van der Waals surface area contributed by atoms with Gasteiger partial charge >= 0.3 is 0 Å². The minimum absolute atomic E-state index is 0.199. The maximum absolute atomic E-state index is 11.7. The average Bonchev–Trinajstić information content (AvgIpc) is 2.35. The quantitative estimate of drug-likeness (QED) is 0.530. The van der Waals surface area contributed by atoms with Crippen LogP contribution in [0.15, 0.2) is 35.2 Å². The molecule has 0 spiro atoms. The molecule has 1 aromatic carbocycles. The summed E-state index contributed by atoms with van der Waals surface area (Å²) in [7, 11) is -3.59. The van der Waals surface area contributed by atoms with Crippen molar-refractivity contribution in [3.05, 3.63) is 30.3 Å². The summed E-state index contributed by atoms with van der Waals surface area (Å²) in [6, 6.07) is 8.16. The molecule has 0 saturated carbocycles. The average molecular weight is 258 g/mol. The number of rotatable bonds is 8. The van der Waals surface area contributed by atoms with E-state index >= 15 is 0 Å². The predicted octanol–water partition coefficient (Wildman–Crippen LogP) is 2.21. The molecule has 0 fully saturated rings. The van der Waals surface area contributed by atoms with Gasteiger partial charge in [-0.05, 0) is 31.9 Å². The van der Waals surface area contributed by atoms with Gasteiger partial charge in [-0.15, -0.1) is 0 Å². The molecule has 0 unspecified atom stereocenters. The van der Waals surface area contributed by atoms with E-state index < -0.39 is 10.1 Å². The molecule has 0 aliphatic rings. The standard InChI is InChI=1S/C12H18O4S/c1-2-15-10-6-7-11-16-17(13,14)12-8-4-3-5-9-12/h3-5,8-9H,2,6-7,10-11H2,1H3. The third kappa shape index (κ3) is 5.30. The van der Waals surface area contributed by atoms with Crippen molar-refractivity contribution in [2.75, 3.05) is 19.8 Å². The SMILES string of the molecule is CCOCCCCOS(=O)(=O)c1ccccc1. The molecule has 0 atom stereocenters. The van der Waals surface area contributed by atoms with Crippen LogP contribution in [0, 0.1) is 0 Å². The van der Waals surface area contributed by atoms with Gasteiger partial charge in [0.05, 0.1) is 11.5 Å². The molecule has 17 heavy (non-hydrogen) atoms. The lowest BCUT2D eigenvalue weighted by atomic mass is 10.3. The van der Waals surface area contributed by atoms with Crippen molar-refractivity contribution in [2.24, 2.45) is 0 Å². The van der Waals surface area contributed by atoms with Crippen LogP contribution in [-0.2, 0) is 19.0 Å². The van der Waals surface area contributed by atoms with Gasteiger partial charge in [0.15, 0.2) is 0 Å². The van der Waals surface area contributed by atoms with E-state index in [-0.39, 0.29) is 11.5 Å². The highest BCUT2D eigenvalue weighted by molar-refractivity contribution is 7.86. The first-order chi connectivity index (χ1) is 8.17. The topological polar surface area (TPSA) is 52.6 Å². The highest BCUT2D eigenvalue weighted by atomic mass is 32.2. The van der Waals surface area contributed by atoms with Crippen molar-refractivity contribution in [1.29, 1.82) is 0 Å². The molecule has 4 nitrogen and oxygen atoms in total. The highest BCUT2D eigenvalue weighted by Crippen LogP contribution is 2.11. The molecule has 1 aromatic rings. The first-order valence-electron chi connectivity index (χ1n) is 5.69. The van der Waals surface area contributed by atoms with Crippen LogP contribution in [0.3, 0.4) is 0 Å². The van der Waals surface area contributed by atoms with E-state index in [4.69, 9.17) is 8.92 Å². The van der Waals surface area contributed by atoms with E-state index in [9.17, 15) is 8.42 Å². The van der Waals surface area contributed by atoms with Crippen LogP contribution in [0.5, 0.6) is 0 Å². The van der Waals surface area contributed by atoms with Gasteiger partial charge in [0.1, 0.15) is 0 Å². The zero-order chi connectivity index (χ0) is 12.6. The summed E-state index contributed by atoms with van der Waals surface area (Å²) in [4.78, 5) is 0.199. The van der Waals surface area contributed by atoms with Gasteiger partial charge in [-0.3, -0.25) is 4.18 Å². The Morgan fingerprint density at radius 1 is 1.06 bits per heavy atom. The molecule has 0 amide bonds. The number of hydrogen-bond acceptors (Lipinski definition) is 4. The van der Waals surface area contributed by atoms with Crippen LogP contribution in [0.2, 0.25) is 0 Å². The second-order valence-corrected chi connectivity index (χ2v) is 5.11. The highest BCUT2D eigenvalue weighted by Gasteiger charge is 2.13. The number of ether oxygens (including phenoxy) is 1. The second-order valence-electron chi connectivity index (χ2n) is 3.49. The van der Waals surface area contributed by atoms with Gasteiger partial charge in [-0.1, -0.05) is 18.2 Å². The Kier molecular flexibility index (Phi) is 6.18. The predicted molar refractivity (Wildman–Crippen MR) is 65.3 cm³/mol. The normalized spacial score (nSPS) is 11.6. The van der Waals surface area contributed by atoms with Gasteiger partial charge in [0.2, 0.25) is 0 Å². The maximum Gasteiger partial charge on any atom is 0.296 e. The lowest BCUT2D eigenvalue weighted by Crippen LogP contribution is -2.08. The first kappa shape index (κ1) is 14.2. The van der Waals surface area contributed by atoms with Gasteiger partial charge < -0.3 is 4.74 Å². The molecule has 0 aromatic heterocycles. The zero-order valence-electron chi connectivity index (χ0n) is 9.96. The van der Waals surface area contributed by atoms with Crippen molar-refractivity contribution in [3.63, 3.8) is 0 Å². The smallest absolute Gasteiger partial charge is 0.296 e. The van der Waals surface area contributed by atoms with Crippen LogP contribution in [0.25, 0.3) is 0 Å². The summed E-state index contributed by atoms with van der Waals surface area (Å²) < 4.78 is 33.4. The molecular formula is C12H18O4S. The summed E-state index contributed by atoms with van der Waals surface area (Å²) in [6.07, 6.45) is 1.48. The summed E-state index contributed by atoms with van der Waals surface area (Å²) in [5.41, 5.74) is 0. The fourth-order valence-electron chi connectivity index (χ4n) is 1.27. The van der Waals surface area contributed by atoms with Crippen molar-refractivity contribution < 1.29 is 17.3 Å². The Bertz CT molecular complexity index is 400. The Labute approximate surface area is 103 Å². The fraction of sp³-hybridized carbons (Fsp3) is 0.500. The van der Waals surface area contributed by atoms with Crippen molar-refractivity contribution in [2.45, 2.75) is 24.7 Å². The van der Waals surface area contributed by atoms with Gasteiger partial charge in [-0.2, -0.15) is 8.42 Å². The molecule has 0 heterocycles. The molecule has 0 bridgehead atoms. The number of benzene rings is 1. The largest absolute Gasteiger partial charge is 0.382 e. The molecule has 1 rings (SSSR count). The second kappa shape index (κ2) is 7.42. The van der Waals surface area contributed by atoms with Crippen LogP contribution < -0.4 is 0 Å². The monoisotopic (exact) mass is 258 g/mol. The van der Waals surface area contributed by atoms with E-state index in [0.717, 1.165) is 6.42 Å². The van der Waals surface area contributed by atoms with E-state index in [0.29, 0.717) is 19.6 Å². The third-order valence-electron chi connectivity index (χ3n) is 2.16. The lowest BCUT2D eigenvalue weighted by Gasteiger charge is -2.05. The molecule has 0 saturated heterocycles. The Morgan fingerprint density at radius 3 is 2.35 bits per heavy atom. The molecule has 0 N–H and O–H groups in total. The molecule has 5 heteroatoms. The number of unbranched alkanes of at least 4 members (excludes halogenated alkanes) is 1. The van der Waals surface area contributed by atoms with E-state index in [1.54, 1.807) is 18.2 Å². The maximum atomic E-state index is 11.7. The van der Waals surface area contributed by atoms with Crippen molar-refractivity contribution in [1.82, 2.24) is 0 Å². The Morgan fingerprint density at radius 2 is 1.71 bits per heavy atom. The van der Waals surface area contributed by atoms with Crippen LogP contribution in [0.1, 0.15) is 19.8 Å². The van der Waals surface area contributed by atoms with E-state index in [1.165, 1.54) is 12.1 Å². The van der Waals surface area contributed by atoms with Crippen molar-refractivity contribution in [3.8, 4) is 0 Å². The van der Waals surface area contributed by atoms with Gasteiger partial charge in [-0.25, -0.2) is 0 Å². The molecule has 0 aliphatic heterocycles. The van der Waals surface area contributed by atoms with Crippen LogP contribution in [0.4, 0.5) is 0 Å². The zero-order valence-corrected chi connectivity index (χ0v) is 10.8. The first-order valence-corrected chi connectivity index (χ1v) is 7.10. The lowest BCUT2D eigenvalue weighted by molar-refractivity contribution is 0.139. The fourth-order valence-corrected chi connectivity index (χ4v) is 2.24. The van der Waals surface area contributed by atoms with Gasteiger partial charge in [0, 0.05) is 13.2 Å². The number of hydrogen-bond donors (Lipinski definition) is 0. The Balaban J connectivity index is 2.31. The van der Waals surface area contributed by atoms with Crippen LogP contribution >= 0.6 is 0 Å². The minimum Gasteiger partial charge on any atom is -0.382 e. The summed E-state index contributed by atoms with van der Waals surface area (Å²) in [6.45, 7) is 3.45. The summed E-state index contributed by atoms with van der Waals surface area (Å²) in [5.74, 6) is 0. The molecule has 0 aliphatic carbocycles. The summed E-state index contributed by atoms with van der Waals surface area (Å²) >= 11 is 0. The summed E-state index contributed by atoms with van der Waals surface area (Å²) in [5, 5.41) is 0. The Hall–Kier alpha value is -0.910. The third-order valence-corrected chi connectivity index (χ3v) is 3.48. The molecular weight excluding hydrogens is 240 g/mol. The minimum atomic E-state index is -3.59. The van der Waals surface area contributed by atoms with Gasteiger partial charge in [0.25, 0.3) is 10.1 Å². The molecule has 0 radical (unpaired) electrons. The van der Waals surface area contributed by atoms with E-state index in [2.05, 4.69) is 0 Å². The van der Waals surface area contributed by atoms with E-state index in [1.807, 2.05) is 6.92 Å².